The molecule has 0 saturated heterocycles. The van der Waals surface area contributed by atoms with E-state index < -0.39 is 18.9 Å². The molecule has 0 atom stereocenters. The number of aromatic nitrogens is 1. The minimum absolute atomic E-state index is 0.0975. The Morgan fingerprint density at radius 2 is 2.00 bits per heavy atom. The largest absolute Gasteiger partial charge is 0.325 e. The summed E-state index contributed by atoms with van der Waals surface area (Å²) < 4.78 is 25.7. The van der Waals surface area contributed by atoms with Crippen LogP contribution in [0.1, 0.15) is 5.69 Å². The first-order valence-electron chi connectivity index (χ1n) is 3.83. The van der Waals surface area contributed by atoms with Gasteiger partial charge >= 0.3 is 0 Å². The van der Waals surface area contributed by atoms with Crippen molar-refractivity contribution in [2.24, 2.45) is 5.73 Å². The highest BCUT2D eigenvalue weighted by Gasteiger charge is 2.27. The van der Waals surface area contributed by atoms with Gasteiger partial charge in [0.1, 0.15) is 5.15 Å². The molecule has 0 spiro atoms. The molecule has 1 aromatic heterocycles. The van der Waals surface area contributed by atoms with E-state index in [0.29, 0.717) is 0 Å². The summed E-state index contributed by atoms with van der Waals surface area (Å²) in [6.45, 7) is -0.723. The molecule has 0 bridgehead atoms. The zero-order valence-corrected chi connectivity index (χ0v) is 8.62. The lowest BCUT2D eigenvalue weighted by Crippen LogP contribution is -2.30. The number of nitrogens with two attached hydrogens (primary N) is 1. The maximum absolute atomic E-state index is 12.9. The van der Waals surface area contributed by atoms with Crippen LogP contribution in [0.25, 0.3) is 0 Å². The van der Waals surface area contributed by atoms with Crippen LogP contribution in [0.4, 0.5) is 8.78 Å². The van der Waals surface area contributed by atoms with Crippen LogP contribution >= 0.6 is 23.2 Å². The van der Waals surface area contributed by atoms with Crippen LogP contribution in [0.15, 0.2) is 12.1 Å². The third-order valence-corrected chi connectivity index (χ3v) is 1.96. The average molecular weight is 241 g/mol. The van der Waals surface area contributed by atoms with Gasteiger partial charge in [-0.15, -0.1) is 0 Å². The molecule has 0 aliphatic heterocycles. The second-order valence-corrected chi connectivity index (χ2v) is 3.66. The number of nitrogens with zero attached hydrogens (tertiary/aromatic N) is 1. The molecule has 1 heterocycles. The fourth-order valence-corrected chi connectivity index (χ4v) is 1.46. The predicted molar refractivity (Wildman–Crippen MR) is 52.0 cm³/mol. The molecule has 6 heteroatoms. The van der Waals surface area contributed by atoms with Gasteiger partial charge in [0.25, 0.3) is 5.92 Å². The van der Waals surface area contributed by atoms with E-state index >= 15 is 0 Å². The highest BCUT2D eigenvalue weighted by Crippen LogP contribution is 2.21. The summed E-state index contributed by atoms with van der Waals surface area (Å²) in [5.41, 5.74) is 5.02. The number of rotatable bonds is 3. The second kappa shape index (κ2) is 4.38. The number of alkyl halides is 2. The first kappa shape index (κ1) is 11.6. The normalized spacial score (nSPS) is 11.8. The van der Waals surface area contributed by atoms with Crippen molar-refractivity contribution in [3.8, 4) is 0 Å². The Hall–Kier alpha value is -0.450. The van der Waals surface area contributed by atoms with Gasteiger partial charge in [0.05, 0.1) is 13.0 Å². The Morgan fingerprint density at radius 3 is 2.50 bits per heavy atom. The Morgan fingerprint density at radius 1 is 1.36 bits per heavy atom. The van der Waals surface area contributed by atoms with Gasteiger partial charge in [-0.2, -0.15) is 0 Å². The molecule has 2 N–H and O–H groups in total. The first-order valence-corrected chi connectivity index (χ1v) is 4.58. The van der Waals surface area contributed by atoms with Gasteiger partial charge in [0.15, 0.2) is 0 Å². The van der Waals surface area contributed by atoms with Crippen LogP contribution in [0.3, 0.4) is 0 Å². The fraction of sp³-hybridized carbons (Fsp3) is 0.375. The van der Waals surface area contributed by atoms with Crippen LogP contribution in [0.5, 0.6) is 0 Å². The van der Waals surface area contributed by atoms with Crippen molar-refractivity contribution in [2.75, 3.05) is 6.54 Å². The molecular weight excluding hydrogens is 233 g/mol. The van der Waals surface area contributed by atoms with Crippen LogP contribution in [-0.4, -0.2) is 17.5 Å². The summed E-state index contributed by atoms with van der Waals surface area (Å²) in [4.78, 5) is 3.71. The molecule has 0 aliphatic carbocycles. The Labute approximate surface area is 90.0 Å². The third-order valence-electron chi connectivity index (χ3n) is 1.55. The molecule has 0 radical (unpaired) electrons. The van der Waals surface area contributed by atoms with Crippen LogP contribution in [-0.2, 0) is 6.42 Å². The fourth-order valence-electron chi connectivity index (χ4n) is 0.944. The zero-order valence-electron chi connectivity index (χ0n) is 7.11. The molecule has 1 aromatic rings. The van der Waals surface area contributed by atoms with Crippen molar-refractivity contribution in [2.45, 2.75) is 12.3 Å². The quantitative estimate of drug-likeness (QED) is 0.826. The van der Waals surface area contributed by atoms with E-state index in [1.807, 2.05) is 0 Å². The molecule has 0 saturated carbocycles. The first-order chi connectivity index (χ1) is 6.43. The Kier molecular flexibility index (Phi) is 3.64. The molecule has 0 amide bonds. The van der Waals surface area contributed by atoms with Gasteiger partial charge in [-0.3, -0.25) is 0 Å². The summed E-state index contributed by atoms with van der Waals surface area (Å²) in [5, 5.41) is 0.383. The van der Waals surface area contributed by atoms with Gasteiger partial charge in [-0.05, 0) is 12.1 Å². The molecule has 0 aliphatic rings. The standard InChI is InChI=1S/C8H8Cl2F2N2/c9-5-1-6(14-7(10)2-5)3-8(11,12)4-13/h1-2H,3-4,13H2. The number of hydrogen-bond acceptors (Lipinski definition) is 2. The van der Waals surface area contributed by atoms with Crippen molar-refractivity contribution < 1.29 is 8.78 Å². The third kappa shape index (κ3) is 3.36. The SMILES string of the molecule is NCC(F)(F)Cc1cc(Cl)cc(Cl)n1. The molecule has 78 valence electrons. The smallest absolute Gasteiger partial charge is 0.265 e. The van der Waals surface area contributed by atoms with E-state index in [0.717, 1.165) is 0 Å². The van der Waals surface area contributed by atoms with E-state index in [1.165, 1.54) is 12.1 Å². The lowest BCUT2D eigenvalue weighted by Gasteiger charge is -2.13. The monoisotopic (exact) mass is 240 g/mol. The van der Waals surface area contributed by atoms with Crippen LogP contribution in [0, 0.1) is 0 Å². The van der Waals surface area contributed by atoms with Crippen molar-refractivity contribution in [1.82, 2.24) is 4.98 Å². The number of hydrogen-bond donors (Lipinski definition) is 1. The minimum Gasteiger partial charge on any atom is -0.325 e. The predicted octanol–water partition coefficient (Wildman–Crippen LogP) is 2.52. The number of halogens is 4. The maximum Gasteiger partial charge on any atom is 0.265 e. The lowest BCUT2D eigenvalue weighted by molar-refractivity contribution is 0.0106. The van der Waals surface area contributed by atoms with E-state index in [4.69, 9.17) is 28.9 Å². The number of pyridine rings is 1. The van der Waals surface area contributed by atoms with Gasteiger partial charge < -0.3 is 5.73 Å². The molecule has 14 heavy (non-hydrogen) atoms. The molecule has 0 fully saturated rings. The second-order valence-electron chi connectivity index (χ2n) is 2.84. The summed E-state index contributed by atoms with van der Waals surface area (Å²) in [7, 11) is 0. The summed E-state index contributed by atoms with van der Waals surface area (Å²) in [6, 6.07) is 2.73. The molecule has 0 aromatic carbocycles. The minimum atomic E-state index is -2.97. The van der Waals surface area contributed by atoms with Gasteiger partial charge in [-0.1, -0.05) is 23.2 Å². The van der Waals surface area contributed by atoms with Gasteiger partial charge in [0, 0.05) is 10.7 Å². The van der Waals surface area contributed by atoms with E-state index in [9.17, 15) is 8.78 Å². The molecule has 2 nitrogen and oxygen atoms in total. The van der Waals surface area contributed by atoms with Crippen molar-refractivity contribution in [3.05, 3.63) is 28.0 Å². The van der Waals surface area contributed by atoms with Crippen LogP contribution in [0.2, 0.25) is 10.2 Å². The van der Waals surface area contributed by atoms with Gasteiger partial charge in [0.2, 0.25) is 0 Å². The lowest BCUT2D eigenvalue weighted by atomic mass is 10.2. The van der Waals surface area contributed by atoms with Gasteiger partial charge in [-0.25, -0.2) is 13.8 Å². The summed E-state index contributed by atoms with van der Waals surface area (Å²) >= 11 is 11.2. The molecular formula is C8H8Cl2F2N2. The van der Waals surface area contributed by atoms with Crippen molar-refractivity contribution in [3.63, 3.8) is 0 Å². The Balaban J connectivity index is 2.87. The van der Waals surface area contributed by atoms with E-state index in [-0.39, 0.29) is 15.9 Å². The average Bonchev–Trinajstić information content (AvgIpc) is 2.01. The summed E-state index contributed by atoms with van der Waals surface area (Å²) in [5.74, 6) is -2.97. The van der Waals surface area contributed by atoms with Crippen molar-refractivity contribution in [1.29, 1.82) is 0 Å². The van der Waals surface area contributed by atoms with E-state index in [1.54, 1.807) is 0 Å². The summed E-state index contributed by atoms with van der Waals surface area (Å²) in [6.07, 6.45) is -0.552. The van der Waals surface area contributed by atoms with E-state index in [2.05, 4.69) is 4.98 Å². The zero-order chi connectivity index (χ0) is 10.8. The molecule has 1 rings (SSSR count). The topological polar surface area (TPSA) is 38.9 Å². The molecule has 0 unspecified atom stereocenters. The highest BCUT2D eigenvalue weighted by atomic mass is 35.5. The van der Waals surface area contributed by atoms with Crippen molar-refractivity contribution >= 4 is 23.2 Å². The van der Waals surface area contributed by atoms with Crippen LogP contribution < -0.4 is 5.73 Å². The highest BCUT2D eigenvalue weighted by molar-refractivity contribution is 6.33. The Bertz CT molecular complexity index is 311. The maximum atomic E-state index is 12.9.